The molecule has 2 aromatic heterocycles. The van der Waals surface area contributed by atoms with Crippen LogP contribution in [0.4, 0.5) is 28.0 Å². The van der Waals surface area contributed by atoms with Crippen molar-refractivity contribution in [3.63, 3.8) is 0 Å². The Morgan fingerprint density at radius 3 is 2.50 bits per heavy atom. The van der Waals surface area contributed by atoms with E-state index in [1.807, 2.05) is 6.92 Å². The number of carbonyl (C=O) groups is 1. The highest BCUT2D eigenvalue weighted by Gasteiger charge is 2.38. The van der Waals surface area contributed by atoms with E-state index < -0.39 is 34.7 Å². The number of amides is 2. The first-order valence-corrected chi connectivity index (χ1v) is 10.1. The number of primary amides is 1. The number of hydrogen-bond donors (Lipinski definition) is 3. The molecule has 0 saturated carbocycles. The Kier molecular flexibility index (Phi) is 7.18. The first-order valence-electron chi connectivity index (χ1n) is 8.92. The van der Waals surface area contributed by atoms with E-state index in [1.165, 1.54) is 17.8 Å². The fraction of sp³-hybridized carbons (Fsp3) is 0.471. The number of nitrogens with two attached hydrogens (primary N) is 2. The second-order valence-corrected chi connectivity index (χ2v) is 7.66. The molecule has 30 heavy (non-hydrogen) atoms. The van der Waals surface area contributed by atoms with Crippen LogP contribution in [-0.2, 0) is 30.1 Å². The maximum atomic E-state index is 12.9. The molecule has 0 fully saturated rings. The van der Waals surface area contributed by atoms with Gasteiger partial charge in [-0.3, -0.25) is 4.68 Å². The highest BCUT2D eigenvalue weighted by Crippen LogP contribution is 2.43. The van der Waals surface area contributed by atoms with Crippen molar-refractivity contribution in [3.05, 3.63) is 34.5 Å². The van der Waals surface area contributed by atoms with Gasteiger partial charge in [0.1, 0.15) is 16.7 Å². The summed E-state index contributed by atoms with van der Waals surface area (Å²) in [6.07, 6.45) is -2.18. The van der Waals surface area contributed by atoms with Crippen LogP contribution < -0.4 is 16.2 Å². The van der Waals surface area contributed by atoms with Crippen LogP contribution in [0.1, 0.15) is 48.7 Å². The average Bonchev–Trinajstić information content (AvgIpc) is 3.19. The van der Waals surface area contributed by atoms with Crippen molar-refractivity contribution < 1.29 is 26.6 Å². The van der Waals surface area contributed by atoms with Crippen LogP contribution in [0, 0.1) is 12.7 Å². The number of aryl methyl sites for hydroxylation is 2. The molecule has 2 aromatic rings. The summed E-state index contributed by atoms with van der Waals surface area (Å²) in [7, 11) is -1.83. The molecule has 2 amide bonds. The normalized spacial score (nSPS) is 16.5. The lowest BCUT2D eigenvalue weighted by molar-refractivity contribution is -0.141. The number of nitrogens with zero attached hydrogens (tertiary/aromatic N) is 3. The van der Waals surface area contributed by atoms with E-state index in [4.69, 9.17) is 10.9 Å². The number of fused-ring (bicyclic) bond motifs is 1. The van der Waals surface area contributed by atoms with Crippen molar-refractivity contribution in [1.82, 2.24) is 14.8 Å². The lowest BCUT2D eigenvalue weighted by Crippen LogP contribution is -2.23. The third-order valence-electron chi connectivity index (χ3n) is 4.58. The summed E-state index contributed by atoms with van der Waals surface area (Å²) in [5.41, 5.74) is 5.23. The number of aromatic nitrogens is 3. The largest absolute Gasteiger partial charge is 0.433 e. The second-order valence-electron chi connectivity index (χ2n) is 6.68. The van der Waals surface area contributed by atoms with E-state index in [2.05, 4.69) is 15.4 Å². The predicted octanol–water partition coefficient (Wildman–Crippen LogP) is 2.97. The van der Waals surface area contributed by atoms with E-state index in [-0.39, 0.29) is 22.2 Å². The van der Waals surface area contributed by atoms with Gasteiger partial charge in [-0.2, -0.15) is 18.3 Å². The van der Waals surface area contributed by atoms with Crippen molar-refractivity contribution in [3.8, 4) is 0 Å². The van der Waals surface area contributed by atoms with Crippen LogP contribution in [0.25, 0.3) is 0 Å². The number of alkyl halides is 3. The molecule has 0 saturated heterocycles. The Bertz CT molecular complexity index is 976. The molecule has 0 aliphatic heterocycles. The maximum absolute atomic E-state index is 12.9. The van der Waals surface area contributed by atoms with Gasteiger partial charge in [-0.25, -0.2) is 23.5 Å². The number of nitrogens with one attached hydrogen (secondary N) is 1. The lowest BCUT2D eigenvalue weighted by Gasteiger charge is -2.19. The fourth-order valence-electron chi connectivity index (χ4n) is 3.20. The lowest BCUT2D eigenvalue weighted by atomic mass is 9.99. The Labute approximate surface area is 172 Å². The third-order valence-corrected chi connectivity index (χ3v) is 5.24. The summed E-state index contributed by atoms with van der Waals surface area (Å²) < 4.78 is 63.4. The highest BCUT2D eigenvalue weighted by atomic mass is 32.2. The summed E-state index contributed by atoms with van der Waals surface area (Å²) in [5.74, 6) is -0.557. The van der Waals surface area contributed by atoms with Gasteiger partial charge in [-0.05, 0) is 32.6 Å². The van der Waals surface area contributed by atoms with E-state index in [1.54, 1.807) is 6.92 Å². The van der Waals surface area contributed by atoms with Crippen molar-refractivity contribution in [2.24, 2.45) is 10.9 Å². The first-order chi connectivity index (χ1) is 13.9. The molecule has 0 spiro atoms. The number of pyridine rings is 1. The monoisotopic (exact) mass is 450 g/mol. The zero-order chi connectivity index (χ0) is 22.8. The predicted molar refractivity (Wildman–Crippen MR) is 102 cm³/mol. The van der Waals surface area contributed by atoms with Crippen molar-refractivity contribution in [2.75, 3.05) is 5.32 Å². The van der Waals surface area contributed by atoms with Gasteiger partial charge in [-0.15, -0.1) is 0 Å². The Morgan fingerprint density at radius 1 is 1.43 bits per heavy atom. The molecule has 13 heteroatoms. The highest BCUT2D eigenvalue weighted by molar-refractivity contribution is 7.82. The average molecular weight is 450 g/mol. The van der Waals surface area contributed by atoms with Crippen LogP contribution in [0.3, 0.4) is 0 Å². The number of anilines is 1. The standard InChI is InChI=1S/C12H14F3N3O.C5H8FN3OS/c1-5-3-4-7-8(5)9(18-11(16)19)6(2)10(17-7)12(13,14)15;1-2-9-3-4(6)5(8-9)11(7)10/h5H,3-4H2,1-2H3,(H3,16,17,18,19);3H,2,7H2,1H3. The van der Waals surface area contributed by atoms with Gasteiger partial charge in [0.15, 0.2) is 10.8 Å². The van der Waals surface area contributed by atoms with Gasteiger partial charge in [-0.1, -0.05) is 6.92 Å². The fourth-order valence-corrected chi connectivity index (χ4v) is 3.63. The summed E-state index contributed by atoms with van der Waals surface area (Å²) >= 11 is 0. The molecule has 0 aromatic carbocycles. The number of halogens is 4. The SMILES string of the molecule is CCn1cc(F)c(S(N)=O)n1.Cc1c(C(F)(F)F)nc2c(c1NC(N)=O)C(C)CC2. The summed E-state index contributed by atoms with van der Waals surface area (Å²) in [4.78, 5) is 14.7. The molecular weight excluding hydrogens is 428 g/mol. The second kappa shape index (κ2) is 9.08. The van der Waals surface area contributed by atoms with Crippen LogP contribution in [0.15, 0.2) is 11.2 Å². The van der Waals surface area contributed by atoms with Crippen molar-refractivity contribution in [2.45, 2.75) is 57.3 Å². The van der Waals surface area contributed by atoms with Crippen LogP contribution in [0.5, 0.6) is 0 Å². The van der Waals surface area contributed by atoms with Gasteiger partial charge < -0.3 is 11.1 Å². The zero-order valence-electron chi connectivity index (χ0n) is 16.5. The van der Waals surface area contributed by atoms with E-state index in [0.717, 1.165) is 6.42 Å². The minimum Gasteiger partial charge on any atom is -0.351 e. The van der Waals surface area contributed by atoms with Gasteiger partial charge in [0.05, 0.1) is 11.9 Å². The maximum Gasteiger partial charge on any atom is 0.433 e. The van der Waals surface area contributed by atoms with Crippen LogP contribution in [0.2, 0.25) is 0 Å². The topological polar surface area (TPSA) is 129 Å². The number of rotatable bonds is 3. The number of carbonyl (C=O) groups excluding carboxylic acids is 1. The molecule has 3 rings (SSSR count). The van der Waals surface area contributed by atoms with E-state index in [9.17, 15) is 26.6 Å². The van der Waals surface area contributed by atoms with E-state index in [0.29, 0.717) is 24.2 Å². The van der Waals surface area contributed by atoms with Gasteiger partial charge >= 0.3 is 12.2 Å². The number of urea groups is 1. The van der Waals surface area contributed by atoms with Crippen LogP contribution >= 0.6 is 0 Å². The summed E-state index contributed by atoms with van der Waals surface area (Å²) in [6, 6.07) is -0.872. The molecule has 0 bridgehead atoms. The van der Waals surface area contributed by atoms with Crippen molar-refractivity contribution >= 4 is 22.7 Å². The molecular formula is C17H22F4N6O2S. The molecule has 5 N–H and O–H groups in total. The summed E-state index contributed by atoms with van der Waals surface area (Å²) in [5, 5.41) is 10.7. The van der Waals surface area contributed by atoms with Gasteiger partial charge in [0.25, 0.3) is 0 Å². The van der Waals surface area contributed by atoms with E-state index >= 15 is 0 Å². The van der Waals surface area contributed by atoms with Gasteiger partial charge in [0, 0.05) is 23.4 Å². The summed E-state index contributed by atoms with van der Waals surface area (Å²) in [6.45, 7) is 5.53. The zero-order valence-corrected chi connectivity index (χ0v) is 17.3. The third kappa shape index (κ3) is 5.14. The molecule has 8 nitrogen and oxygen atoms in total. The first kappa shape index (κ1) is 23.7. The molecule has 2 unspecified atom stereocenters. The Morgan fingerprint density at radius 2 is 2.07 bits per heavy atom. The minimum absolute atomic E-state index is 0.0605. The molecule has 2 atom stereocenters. The van der Waals surface area contributed by atoms with Gasteiger partial charge in [0.2, 0.25) is 0 Å². The molecule has 166 valence electrons. The molecule has 1 aliphatic rings. The number of hydrogen-bond acceptors (Lipinski definition) is 4. The Hall–Kier alpha value is -2.54. The molecule has 2 heterocycles. The molecule has 1 aliphatic carbocycles. The Balaban J connectivity index is 0.000000248. The molecule has 0 radical (unpaired) electrons. The smallest absolute Gasteiger partial charge is 0.351 e. The quantitative estimate of drug-likeness (QED) is 0.621. The minimum atomic E-state index is -4.54. The van der Waals surface area contributed by atoms with Crippen molar-refractivity contribution in [1.29, 1.82) is 0 Å². The van der Waals surface area contributed by atoms with Crippen LogP contribution in [-0.4, -0.2) is 25.0 Å².